The van der Waals surface area contributed by atoms with Gasteiger partial charge in [0.1, 0.15) is 5.75 Å². The Morgan fingerprint density at radius 3 is 2.61 bits per heavy atom. The van der Waals surface area contributed by atoms with Crippen LogP contribution >= 0.6 is 0 Å². The average molecular weight is 249 g/mol. The topological polar surface area (TPSA) is 55.4 Å². The molecule has 0 aliphatic heterocycles. The van der Waals surface area contributed by atoms with Gasteiger partial charge in [-0.25, -0.2) is 0 Å². The van der Waals surface area contributed by atoms with Crippen molar-refractivity contribution in [3.05, 3.63) is 29.3 Å². The van der Waals surface area contributed by atoms with Crippen LogP contribution in [0.1, 0.15) is 25.0 Å². The largest absolute Gasteiger partial charge is 0.496 e. The number of nitrogens with one attached hydrogen (secondary N) is 1. The van der Waals surface area contributed by atoms with Crippen LogP contribution in [-0.2, 0) is 15.0 Å². The highest BCUT2D eigenvalue weighted by Crippen LogP contribution is 2.27. The van der Waals surface area contributed by atoms with E-state index in [4.69, 9.17) is 4.74 Å². The normalized spacial score (nSPS) is 10.9. The summed E-state index contributed by atoms with van der Waals surface area (Å²) < 4.78 is 5.21. The second-order valence-corrected chi connectivity index (χ2v) is 4.90. The number of ether oxygens (including phenoxy) is 1. The first-order valence-corrected chi connectivity index (χ1v) is 5.79. The van der Waals surface area contributed by atoms with E-state index in [1.54, 1.807) is 7.11 Å². The molecule has 4 heteroatoms. The SMILES string of the molecule is COc1ccc(C(C)(C)CNC(=O)C=O)cc1C. The summed E-state index contributed by atoms with van der Waals surface area (Å²) in [4.78, 5) is 21.2. The number of aryl methyl sites for hydroxylation is 1. The van der Waals surface area contributed by atoms with Crippen LogP contribution in [0.25, 0.3) is 0 Å². The maximum atomic E-state index is 11.0. The third-order valence-electron chi connectivity index (χ3n) is 2.99. The molecule has 0 heterocycles. The van der Waals surface area contributed by atoms with Crippen molar-refractivity contribution in [2.24, 2.45) is 0 Å². The van der Waals surface area contributed by atoms with Gasteiger partial charge in [-0.2, -0.15) is 0 Å². The minimum atomic E-state index is -0.590. The third kappa shape index (κ3) is 3.32. The van der Waals surface area contributed by atoms with Crippen LogP contribution in [0.15, 0.2) is 18.2 Å². The molecule has 0 unspecified atom stereocenters. The van der Waals surface area contributed by atoms with Crippen LogP contribution in [0.2, 0.25) is 0 Å². The highest BCUT2D eigenvalue weighted by molar-refractivity contribution is 6.23. The fourth-order valence-electron chi connectivity index (χ4n) is 1.75. The zero-order valence-corrected chi connectivity index (χ0v) is 11.2. The predicted octanol–water partition coefficient (Wildman–Crippen LogP) is 1.60. The smallest absolute Gasteiger partial charge is 0.284 e. The van der Waals surface area contributed by atoms with Crippen molar-refractivity contribution in [2.45, 2.75) is 26.2 Å². The van der Waals surface area contributed by atoms with Crippen molar-refractivity contribution in [3.8, 4) is 5.75 Å². The number of hydrogen-bond acceptors (Lipinski definition) is 3. The van der Waals surface area contributed by atoms with E-state index in [0.29, 0.717) is 6.54 Å². The van der Waals surface area contributed by atoms with Gasteiger partial charge in [-0.3, -0.25) is 9.59 Å². The summed E-state index contributed by atoms with van der Waals surface area (Å²) in [5.41, 5.74) is 1.90. The van der Waals surface area contributed by atoms with Gasteiger partial charge in [0.25, 0.3) is 5.91 Å². The van der Waals surface area contributed by atoms with Crippen molar-refractivity contribution in [1.82, 2.24) is 5.32 Å². The summed E-state index contributed by atoms with van der Waals surface area (Å²) in [6.07, 6.45) is 0.287. The van der Waals surface area contributed by atoms with Gasteiger partial charge in [0, 0.05) is 12.0 Å². The summed E-state index contributed by atoms with van der Waals surface area (Å²) in [7, 11) is 1.64. The van der Waals surface area contributed by atoms with E-state index in [1.165, 1.54) is 0 Å². The standard InChI is InChI=1S/C14H19NO3/c1-10-7-11(5-6-12(10)18-4)14(2,3)9-15-13(17)8-16/h5-8H,9H2,1-4H3,(H,15,17). The molecule has 0 fully saturated rings. The Bertz CT molecular complexity index is 452. The second-order valence-electron chi connectivity index (χ2n) is 4.90. The summed E-state index contributed by atoms with van der Waals surface area (Å²) in [6, 6.07) is 5.92. The molecule has 0 saturated carbocycles. The molecule has 1 amide bonds. The van der Waals surface area contributed by atoms with Crippen molar-refractivity contribution in [2.75, 3.05) is 13.7 Å². The lowest BCUT2D eigenvalue weighted by Crippen LogP contribution is -2.37. The molecule has 18 heavy (non-hydrogen) atoms. The van der Waals surface area contributed by atoms with Gasteiger partial charge in [0.05, 0.1) is 7.11 Å². The Labute approximate surface area is 107 Å². The van der Waals surface area contributed by atoms with Crippen LogP contribution in [0.3, 0.4) is 0 Å². The number of rotatable bonds is 5. The molecule has 1 aromatic rings. The summed E-state index contributed by atoms with van der Waals surface area (Å²) in [6.45, 7) is 6.41. The Morgan fingerprint density at radius 2 is 2.11 bits per heavy atom. The first kappa shape index (κ1) is 14.2. The maximum absolute atomic E-state index is 11.0. The molecular formula is C14H19NO3. The van der Waals surface area contributed by atoms with Gasteiger partial charge in [-0.15, -0.1) is 0 Å². The number of aldehydes is 1. The first-order chi connectivity index (χ1) is 8.40. The molecule has 0 radical (unpaired) electrons. The van der Waals surface area contributed by atoms with Gasteiger partial charge in [0.15, 0.2) is 0 Å². The Hall–Kier alpha value is -1.84. The molecule has 1 aromatic carbocycles. The van der Waals surface area contributed by atoms with E-state index in [9.17, 15) is 9.59 Å². The van der Waals surface area contributed by atoms with E-state index in [1.807, 2.05) is 39.0 Å². The zero-order chi connectivity index (χ0) is 13.8. The maximum Gasteiger partial charge on any atom is 0.284 e. The highest BCUT2D eigenvalue weighted by Gasteiger charge is 2.22. The monoisotopic (exact) mass is 249 g/mol. The summed E-state index contributed by atoms with van der Waals surface area (Å²) in [5.74, 6) is 0.250. The molecule has 98 valence electrons. The summed E-state index contributed by atoms with van der Waals surface area (Å²) >= 11 is 0. The van der Waals surface area contributed by atoms with E-state index < -0.39 is 5.91 Å². The fraction of sp³-hybridized carbons (Fsp3) is 0.429. The molecule has 0 atom stereocenters. The van der Waals surface area contributed by atoms with E-state index in [2.05, 4.69) is 5.32 Å². The Kier molecular flexibility index (Phi) is 4.48. The van der Waals surface area contributed by atoms with Gasteiger partial charge in [0.2, 0.25) is 6.29 Å². The first-order valence-electron chi connectivity index (χ1n) is 5.79. The molecule has 0 saturated heterocycles. The van der Waals surface area contributed by atoms with Crippen molar-refractivity contribution >= 4 is 12.2 Å². The number of hydrogen-bond donors (Lipinski definition) is 1. The van der Waals surface area contributed by atoms with Crippen LogP contribution in [0.5, 0.6) is 5.75 Å². The van der Waals surface area contributed by atoms with Crippen LogP contribution in [-0.4, -0.2) is 25.8 Å². The molecular weight excluding hydrogens is 230 g/mol. The van der Waals surface area contributed by atoms with Crippen LogP contribution in [0, 0.1) is 6.92 Å². The van der Waals surface area contributed by atoms with Gasteiger partial charge < -0.3 is 10.1 Å². The zero-order valence-electron chi connectivity index (χ0n) is 11.2. The van der Waals surface area contributed by atoms with Crippen LogP contribution < -0.4 is 10.1 Å². The predicted molar refractivity (Wildman–Crippen MR) is 69.8 cm³/mol. The van der Waals surface area contributed by atoms with Gasteiger partial charge in [-0.05, 0) is 24.1 Å². The number of methoxy groups -OCH3 is 1. The number of benzene rings is 1. The Morgan fingerprint density at radius 1 is 1.44 bits per heavy atom. The van der Waals surface area contributed by atoms with E-state index in [0.717, 1.165) is 16.9 Å². The minimum absolute atomic E-state index is 0.240. The van der Waals surface area contributed by atoms with Crippen LogP contribution in [0.4, 0.5) is 0 Å². The molecule has 1 N–H and O–H groups in total. The van der Waals surface area contributed by atoms with Gasteiger partial charge >= 0.3 is 0 Å². The lowest BCUT2D eigenvalue weighted by atomic mass is 9.83. The van der Waals surface area contributed by atoms with E-state index >= 15 is 0 Å². The molecule has 4 nitrogen and oxygen atoms in total. The minimum Gasteiger partial charge on any atom is -0.496 e. The van der Waals surface area contributed by atoms with Crippen molar-refractivity contribution < 1.29 is 14.3 Å². The number of carbonyl (C=O) groups excluding carboxylic acids is 2. The van der Waals surface area contributed by atoms with Crippen molar-refractivity contribution in [1.29, 1.82) is 0 Å². The number of amides is 1. The second kappa shape index (κ2) is 5.67. The van der Waals surface area contributed by atoms with Crippen molar-refractivity contribution in [3.63, 3.8) is 0 Å². The quantitative estimate of drug-likeness (QED) is 0.637. The van der Waals surface area contributed by atoms with E-state index in [-0.39, 0.29) is 11.7 Å². The molecule has 1 rings (SSSR count). The number of carbonyl (C=O) groups is 2. The Balaban J connectivity index is 2.87. The average Bonchev–Trinajstić information content (AvgIpc) is 2.35. The lowest BCUT2D eigenvalue weighted by Gasteiger charge is -2.26. The molecule has 0 bridgehead atoms. The molecule has 0 aliphatic rings. The molecule has 0 aliphatic carbocycles. The fourth-order valence-corrected chi connectivity index (χ4v) is 1.75. The highest BCUT2D eigenvalue weighted by atomic mass is 16.5. The molecule has 0 spiro atoms. The lowest BCUT2D eigenvalue weighted by molar-refractivity contribution is -0.131. The molecule has 0 aromatic heterocycles. The van der Waals surface area contributed by atoms with Gasteiger partial charge in [-0.1, -0.05) is 26.0 Å². The summed E-state index contributed by atoms with van der Waals surface area (Å²) in [5, 5.41) is 2.58. The third-order valence-corrected chi connectivity index (χ3v) is 2.99.